The first kappa shape index (κ1) is 16.5. The van der Waals surface area contributed by atoms with E-state index < -0.39 is 0 Å². The monoisotopic (exact) mass is 365 g/mol. The van der Waals surface area contributed by atoms with Gasteiger partial charge in [0.1, 0.15) is 12.2 Å². The summed E-state index contributed by atoms with van der Waals surface area (Å²) >= 11 is 3.40. The predicted molar refractivity (Wildman–Crippen MR) is 90.0 cm³/mol. The fourth-order valence-electron chi connectivity index (χ4n) is 2.10. The van der Waals surface area contributed by atoms with Crippen LogP contribution in [-0.4, -0.2) is 27.3 Å². The van der Waals surface area contributed by atoms with Crippen LogP contribution >= 0.6 is 15.9 Å². The molecule has 2 aromatic rings. The first-order chi connectivity index (χ1) is 10.5. The molecule has 2 rings (SSSR count). The van der Waals surface area contributed by atoms with E-state index in [2.05, 4.69) is 50.6 Å². The largest absolute Gasteiger partial charge is 0.337 e. The van der Waals surface area contributed by atoms with Gasteiger partial charge in [-0.2, -0.15) is 0 Å². The van der Waals surface area contributed by atoms with Crippen LogP contribution in [0, 0.1) is 6.92 Å². The standard InChI is InChI=1S/C15H20BrN5O/c1-10(2)21-9-18-20-14(21)6-7-17-15(22)19-13-5-4-12(16)8-11(13)3/h4-5,8-10H,6-7H2,1-3H3,(H2,17,19,22). The molecule has 1 aromatic carbocycles. The number of urea groups is 1. The number of anilines is 1. The molecule has 6 nitrogen and oxygen atoms in total. The summed E-state index contributed by atoms with van der Waals surface area (Å²) in [6.07, 6.45) is 2.36. The van der Waals surface area contributed by atoms with Gasteiger partial charge in [0.25, 0.3) is 0 Å². The number of nitrogens with one attached hydrogen (secondary N) is 2. The van der Waals surface area contributed by atoms with Gasteiger partial charge in [-0.3, -0.25) is 0 Å². The van der Waals surface area contributed by atoms with Crippen LogP contribution in [0.1, 0.15) is 31.3 Å². The van der Waals surface area contributed by atoms with Gasteiger partial charge in [-0.15, -0.1) is 10.2 Å². The summed E-state index contributed by atoms with van der Waals surface area (Å²) in [6.45, 7) is 6.60. The van der Waals surface area contributed by atoms with Gasteiger partial charge in [0.15, 0.2) is 0 Å². The number of hydrogen-bond acceptors (Lipinski definition) is 3. The number of aryl methyl sites for hydroxylation is 1. The van der Waals surface area contributed by atoms with E-state index in [1.165, 1.54) is 0 Å². The molecule has 0 atom stereocenters. The third-order valence-electron chi connectivity index (χ3n) is 3.27. The van der Waals surface area contributed by atoms with E-state index in [1.807, 2.05) is 29.7 Å². The number of halogens is 1. The van der Waals surface area contributed by atoms with E-state index in [0.717, 1.165) is 21.5 Å². The molecule has 1 heterocycles. The Balaban J connectivity index is 1.84. The number of carbonyl (C=O) groups excluding carboxylic acids is 1. The molecule has 0 saturated heterocycles. The van der Waals surface area contributed by atoms with Crippen LogP contribution in [-0.2, 0) is 6.42 Å². The van der Waals surface area contributed by atoms with Gasteiger partial charge in [-0.25, -0.2) is 4.79 Å². The summed E-state index contributed by atoms with van der Waals surface area (Å²) in [4.78, 5) is 11.9. The third kappa shape index (κ3) is 4.30. The zero-order valence-corrected chi connectivity index (χ0v) is 14.5. The lowest BCUT2D eigenvalue weighted by Gasteiger charge is -2.12. The van der Waals surface area contributed by atoms with Gasteiger partial charge >= 0.3 is 6.03 Å². The molecule has 0 aliphatic carbocycles. The van der Waals surface area contributed by atoms with E-state index in [-0.39, 0.29) is 6.03 Å². The number of benzene rings is 1. The lowest BCUT2D eigenvalue weighted by Crippen LogP contribution is -2.31. The molecule has 22 heavy (non-hydrogen) atoms. The summed E-state index contributed by atoms with van der Waals surface area (Å²) in [6, 6.07) is 5.81. The lowest BCUT2D eigenvalue weighted by atomic mass is 10.2. The molecule has 0 spiro atoms. The maximum atomic E-state index is 11.9. The molecule has 0 saturated carbocycles. The second-order valence-electron chi connectivity index (χ2n) is 5.34. The molecular formula is C15H20BrN5O. The average molecular weight is 366 g/mol. The molecule has 0 bridgehead atoms. The van der Waals surface area contributed by atoms with E-state index in [0.29, 0.717) is 19.0 Å². The SMILES string of the molecule is Cc1cc(Br)ccc1NC(=O)NCCc1nncn1C(C)C. The number of nitrogens with zero attached hydrogens (tertiary/aromatic N) is 3. The summed E-state index contributed by atoms with van der Waals surface area (Å²) in [5, 5.41) is 13.7. The Bertz CT molecular complexity index is 653. The number of carbonyl (C=O) groups is 1. The molecule has 0 aliphatic rings. The maximum absolute atomic E-state index is 11.9. The fourth-order valence-corrected chi connectivity index (χ4v) is 2.57. The topological polar surface area (TPSA) is 71.8 Å². The Labute approximate surface area is 138 Å². The van der Waals surface area contributed by atoms with Crippen molar-refractivity contribution in [3.8, 4) is 0 Å². The third-order valence-corrected chi connectivity index (χ3v) is 3.77. The smallest absolute Gasteiger partial charge is 0.319 e. The van der Waals surface area contributed by atoms with Crippen molar-refractivity contribution in [1.82, 2.24) is 20.1 Å². The second-order valence-corrected chi connectivity index (χ2v) is 6.25. The first-order valence-corrected chi connectivity index (χ1v) is 7.96. The van der Waals surface area contributed by atoms with Crippen LogP contribution in [0.15, 0.2) is 29.0 Å². The Morgan fingerprint density at radius 1 is 1.41 bits per heavy atom. The molecule has 0 unspecified atom stereocenters. The Kier molecular flexibility index (Phi) is 5.54. The molecule has 0 aliphatic heterocycles. The van der Waals surface area contributed by atoms with E-state index in [1.54, 1.807) is 6.33 Å². The minimum atomic E-state index is -0.221. The van der Waals surface area contributed by atoms with Crippen molar-refractivity contribution in [3.63, 3.8) is 0 Å². The number of amides is 2. The predicted octanol–water partition coefficient (Wildman–Crippen LogP) is 3.29. The quantitative estimate of drug-likeness (QED) is 0.853. The van der Waals surface area contributed by atoms with Crippen molar-refractivity contribution in [2.75, 3.05) is 11.9 Å². The van der Waals surface area contributed by atoms with Crippen LogP contribution in [0.25, 0.3) is 0 Å². The van der Waals surface area contributed by atoms with Crippen LogP contribution < -0.4 is 10.6 Å². The summed E-state index contributed by atoms with van der Waals surface area (Å²) in [7, 11) is 0. The van der Waals surface area contributed by atoms with Gasteiger partial charge in [0.2, 0.25) is 0 Å². The number of aromatic nitrogens is 3. The van der Waals surface area contributed by atoms with Crippen LogP contribution in [0.2, 0.25) is 0 Å². The summed E-state index contributed by atoms with van der Waals surface area (Å²) < 4.78 is 2.99. The van der Waals surface area contributed by atoms with Crippen molar-refractivity contribution in [2.45, 2.75) is 33.2 Å². The highest BCUT2D eigenvalue weighted by molar-refractivity contribution is 9.10. The molecule has 1 aromatic heterocycles. The lowest BCUT2D eigenvalue weighted by molar-refractivity contribution is 0.252. The second kappa shape index (κ2) is 7.40. The highest BCUT2D eigenvalue weighted by Gasteiger charge is 2.08. The van der Waals surface area contributed by atoms with E-state index in [9.17, 15) is 4.79 Å². The molecular weight excluding hydrogens is 346 g/mol. The molecule has 0 radical (unpaired) electrons. The summed E-state index contributed by atoms with van der Waals surface area (Å²) in [5.41, 5.74) is 1.80. The minimum absolute atomic E-state index is 0.221. The summed E-state index contributed by atoms with van der Waals surface area (Å²) in [5.74, 6) is 0.870. The van der Waals surface area contributed by atoms with Crippen molar-refractivity contribution < 1.29 is 4.79 Å². The fraction of sp³-hybridized carbons (Fsp3) is 0.400. The van der Waals surface area contributed by atoms with Crippen LogP contribution in [0.3, 0.4) is 0 Å². The van der Waals surface area contributed by atoms with Gasteiger partial charge in [-0.05, 0) is 44.5 Å². The van der Waals surface area contributed by atoms with Crippen molar-refractivity contribution >= 4 is 27.6 Å². The van der Waals surface area contributed by atoms with Crippen molar-refractivity contribution in [1.29, 1.82) is 0 Å². The maximum Gasteiger partial charge on any atom is 0.319 e. The van der Waals surface area contributed by atoms with Gasteiger partial charge in [0, 0.05) is 29.2 Å². The molecule has 0 fully saturated rings. The van der Waals surface area contributed by atoms with E-state index in [4.69, 9.17) is 0 Å². The zero-order chi connectivity index (χ0) is 16.1. The highest BCUT2D eigenvalue weighted by atomic mass is 79.9. The Morgan fingerprint density at radius 3 is 2.86 bits per heavy atom. The highest BCUT2D eigenvalue weighted by Crippen LogP contribution is 2.19. The van der Waals surface area contributed by atoms with Gasteiger partial charge < -0.3 is 15.2 Å². The average Bonchev–Trinajstić information content (AvgIpc) is 2.90. The van der Waals surface area contributed by atoms with Crippen molar-refractivity contribution in [3.05, 3.63) is 40.4 Å². The normalized spacial score (nSPS) is 10.8. The minimum Gasteiger partial charge on any atom is -0.337 e. The Hall–Kier alpha value is -1.89. The Morgan fingerprint density at radius 2 is 2.18 bits per heavy atom. The number of hydrogen-bond donors (Lipinski definition) is 2. The molecule has 7 heteroatoms. The van der Waals surface area contributed by atoms with Gasteiger partial charge in [-0.1, -0.05) is 15.9 Å². The molecule has 2 N–H and O–H groups in total. The van der Waals surface area contributed by atoms with E-state index >= 15 is 0 Å². The van der Waals surface area contributed by atoms with Crippen LogP contribution in [0.5, 0.6) is 0 Å². The zero-order valence-electron chi connectivity index (χ0n) is 12.9. The van der Waals surface area contributed by atoms with Gasteiger partial charge in [0.05, 0.1) is 0 Å². The van der Waals surface area contributed by atoms with Crippen molar-refractivity contribution in [2.24, 2.45) is 0 Å². The first-order valence-electron chi connectivity index (χ1n) is 7.16. The molecule has 2 amide bonds. The van der Waals surface area contributed by atoms with Crippen LogP contribution in [0.4, 0.5) is 10.5 Å². The number of rotatable bonds is 5. The molecule has 118 valence electrons.